The lowest BCUT2D eigenvalue weighted by Crippen LogP contribution is -2.19. The molecule has 0 fully saturated rings. The van der Waals surface area contributed by atoms with E-state index in [0.717, 1.165) is 24.4 Å². The number of rotatable bonds is 9. The van der Waals surface area contributed by atoms with Gasteiger partial charge < -0.3 is 19.5 Å². The number of hydrogen-bond acceptors (Lipinski definition) is 9. The first-order valence-electron chi connectivity index (χ1n) is 8.99. The molecule has 0 atom stereocenters. The molecule has 0 aliphatic carbocycles. The van der Waals surface area contributed by atoms with Crippen molar-refractivity contribution >= 4 is 28.6 Å². The summed E-state index contributed by atoms with van der Waals surface area (Å²) in [7, 11) is 1.31. The van der Waals surface area contributed by atoms with E-state index in [1.165, 1.54) is 24.5 Å². The fraction of sp³-hybridized carbons (Fsp3) is 0.211. The molecular weight excluding hydrogens is 469 g/mol. The summed E-state index contributed by atoms with van der Waals surface area (Å²) in [4.78, 5) is 31.2. The quantitative estimate of drug-likeness (QED) is 0.353. The highest BCUT2D eigenvalue weighted by atomic mass is 32.1. The Kier molecular flexibility index (Phi) is 7.27. The van der Waals surface area contributed by atoms with E-state index in [0.29, 0.717) is 5.69 Å². The maximum atomic E-state index is 12.7. The third-order valence-corrected chi connectivity index (χ3v) is 4.60. The third-order valence-electron chi connectivity index (χ3n) is 3.96. The summed E-state index contributed by atoms with van der Waals surface area (Å²) in [6.45, 7) is -1.48. The molecule has 1 amide bonds. The van der Waals surface area contributed by atoms with Gasteiger partial charge in [0.2, 0.25) is 5.88 Å². The molecule has 0 bridgehead atoms. The van der Waals surface area contributed by atoms with Crippen molar-refractivity contribution in [3.8, 4) is 17.4 Å². The Morgan fingerprint density at radius 3 is 2.58 bits per heavy atom. The molecule has 33 heavy (non-hydrogen) atoms. The first-order valence-corrected chi connectivity index (χ1v) is 9.94. The molecule has 174 valence electrons. The highest BCUT2D eigenvalue weighted by molar-refractivity contribution is 7.07. The van der Waals surface area contributed by atoms with Gasteiger partial charge in [0.05, 0.1) is 41.2 Å². The number of ether oxygens (including phenoxy) is 3. The largest absolute Gasteiger partial charge is 0.493 e. The molecule has 3 rings (SSSR count). The van der Waals surface area contributed by atoms with Gasteiger partial charge in [0.15, 0.2) is 18.1 Å². The third kappa shape index (κ3) is 6.52. The number of nitro benzene ring substituents is 1. The lowest BCUT2D eigenvalue weighted by atomic mass is 10.1. The topological polar surface area (TPSA) is 126 Å². The number of nitro groups is 1. The van der Waals surface area contributed by atoms with E-state index in [2.05, 4.69) is 20.0 Å². The second kappa shape index (κ2) is 10.1. The Labute approximate surface area is 188 Å². The maximum absolute atomic E-state index is 12.7. The van der Waals surface area contributed by atoms with Gasteiger partial charge in [-0.25, -0.2) is 9.97 Å². The van der Waals surface area contributed by atoms with Crippen LogP contribution in [0.3, 0.4) is 0 Å². The summed E-state index contributed by atoms with van der Waals surface area (Å²) in [5.74, 6) is -1.05. The van der Waals surface area contributed by atoms with Crippen LogP contribution < -0.4 is 19.5 Å². The number of aromatic nitrogens is 2. The number of nitrogens with one attached hydrogen (secondary N) is 1. The molecule has 0 aliphatic heterocycles. The number of amides is 1. The van der Waals surface area contributed by atoms with Crippen LogP contribution in [-0.2, 0) is 6.61 Å². The van der Waals surface area contributed by atoms with Crippen LogP contribution in [0.5, 0.6) is 17.4 Å². The van der Waals surface area contributed by atoms with Crippen molar-refractivity contribution in [1.82, 2.24) is 9.97 Å². The number of nitrogens with zero attached hydrogens (tertiary/aromatic N) is 3. The fourth-order valence-electron chi connectivity index (χ4n) is 2.51. The number of carbonyl (C=O) groups is 1. The zero-order valence-corrected chi connectivity index (χ0v) is 17.6. The van der Waals surface area contributed by atoms with Crippen LogP contribution in [0.2, 0.25) is 0 Å². The summed E-state index contributed by atoms with van der Waals surface area (Å²) < 4.78 is 51.9. The number of anilines is 1. The van der Waals surface area contributed by atoms with Gasteiger partial charge in [0.1, 0.15) is 12.2 Å². The van der Waals surface area contributed by atoms with Crippen molar-refractivity contribution in [2.75, 3.05) is 19.0 Å². The minimum atomic E-state index is -4.53. The van der Waals surface area contributed by atoms with Gasteiger partial charge in [-0.15, -0.1) is 11.3 Å². The molecule has 3 aromatic rings. The summed E-state index contributed by atoms with van der Waals surface area (Å²) in [5.41, 5.74) is 1.43. The smallest absolute Gasteiger partial charge is 0.422 e. The minimum absolute atomic E-state index is 0.0387. The van der Waals surface area contributed by atoms with Gasteiger partial charge in [-0.3, -0.25) is 14.9 Å². The Bertz CT molecular complexity index is 1120. The zero-order chi connectivity index (χ0) is 24.0. The van der Waals surface area contributed by atoms with Crippen LogP contribution in [0, 0.1) is 10.1 Å². The monoisotopic (exact) mass is 484 g/mol. The Morgan fingerprint density at radius 1 is 1.21 bits per heavy atom. The second-order valence-electron chi connectivity index (χ2n) is 6.29. The van der Waals surface area contributed by atoms with Gasteiger partial charge in [-0.1, -0.05) is 0 Å². The van der Waals surface area contributed by atoms with E-state index < -0.39 is 29.3 Å². The number of thiazole rings is 1. The number of alkyl halides is 3. The van der Waals surface area contributed by atoms with E-state index in [9.17, 15) is 28.1 Å². The molecule has 2 heterocycles. The first kappa shape index (κ1) is 23.7. The predicted molar refractivity (Wildman–Crippen MR) is 110 cm³/mol. The molecule has 1 aromatic carbocycles. The highest BCUT2D eigenvalue weighted by Gasteiger charge is 2.29. The fourth-order valence-corrected chi connectivity index (χ4v) is 3.05. The molecule has 0 unspecified atom stereocenters. The summed E-state index contributed by atoms with van der Waals surface area (Å²) >= 11 is 1.36. The maximum Gasteiger partial charge on any atom is 0.422 e. The molecule has 0 radical (unpaired) electrons. The molecule has 1 N–H and O–H groups in total. The lowest BCUT2D eigenvalue weighted by Gasteiger charge is -2.13. The van der Waals surface area contributed by atoms with Crippen molar-refractivity contribution in [2.24, 2.45) is 0 Å². The number of carbonyl (C=O) groups excluding carboxylic acids is 1. The molecule has 0 spiro atoms. The van der Waals surface area contributed by atoms with Crippen molar-refractivity contribution in [1.29, 1.82) is 0 Å². The van der Waals surface area contributed by atoms with Crippen molar-refractivity contribution in [3.63, 3.8) is 0 Å². The lowest BCUT2D eigenvalue weighted by molar-refractivity contribution is -0.385. The predicted octanol–water partition coefficient (Wildman–Crippen LogP) is 4.23. The molecule has 2 aromatic heterocycles. The van der Waals surface area contributed by atoms with E-state index in [-0.39, 0.29) is 35.2 Å². The second-order valence-corrected chi connectivity index (χ2v) is 7.01. The summed E-state index contributed by atoms with van der Waals surface area (Å²) in [6.07, 6.45) is -3.47. The normalized spacial score (nSPS) is 11.0. The average molecular weight is 484 g/mol. The van der Waals surface area contributed by atoms with Crippen molar-refractivity contribution in [3.05, 3.63) is 62.7 Å². The summed E-state index contributed by atoms with van der Waals surface area (Å²) in [6, 6.07) is 4.57. The Morgan fingerprint density at radius 2 is 2.00 bits per heavy atom. The van der Waals surface area contributed by atoms with Crippen LogP contribution in [0.4, 0.5) is 24.5 Å². The van der Waals surface area contributed by atoms with E-state index in [1.807, 2.05) is 0 Å². The van der Waals surface area contributed by atoms with Crippen LogP contribution >= 0.6 is 11.3 Å². The first-order chi connectivity index (χ1) is 15.7. The number of methoxy groups -OCH3 is 1. The van der Waals surface area contributed by atoms with Gasteiger partial charge in [-0.05, 0) is 6.07 Å². The van der Waals surface area contributed by atoms with Crippen molar-refractivity contribution in [2.45, 2.75) is 12.8 Å². The highest BCUT2D eigenvalue weighted by Crippen LogP contribution is 2.35. The Balaban J connectivity index is 1.78. The average Bonchev–Trinajstić information content (AvgIpc) is 3.29. The number of benzene rings is 1. The van der Waals surface area contributed by atoms with Gasteiger partial charge in [0.25, 0.3) is 11.6 Å². The number of hydrogen-bond donors (Lipinski definition) is 1. The number of halogens is 3. The van der Waals surface area contributed by atoms with Crippen LogP contribution in [0.15, 0.2) is 41.4 Å². The van der Waals surface area contributed by atoms with Gasteiger partial charge >= 0.3 is 6.18 Å². The molecule has 10 nitrogen and oxygen atoms in total. The zero-order valence-electron chi connectivity index (χ0n) is 16.8. The van der Waals surface area contributed by atoms with E-state index >= 15 is 0 Å². The van der Waals surface area contributed by atoms with Crippen molar-refractivity contribution < 1.29 is 37.1 Å². The van der Waals surface area contributed by atoms with Gasteiger partial charge in [-0.2, -0.15) is 13.2 Å². The van der Waals surface area contributed by atoms with E-state index in [1.54, 1.807) is 10.9 Å². The van der Waals surface area contributed by atoms with Crippen LogP contribution in [-0.4, -0.2) is 40.7 Å². The summed E-state index contributed by atoms with van der Waals surface area (Å²) in [5, 5.41) is 15.7. The standard InChI is InChI=1S/C19H15F3N4O6S/c1-30-15-4-13(14(26(28)29)5-16(15)31-7-12-8-33-10-24-12)18(27)25-11-2-3-17(23-6-11)32-9-19(20,21)22/h2-6,8,10H,7,9H2,1H3,(H,25,27). The molecule has 0 saturated heterocycles. The van der Waals surface area contributed by atoms with Crippen LogP contribution in [0.1, 0.15) is 16.1 Å². The van der Waals surface area contributed by atoms with Crippen LogP contribution in [0.25, 0.3) is 0 Å². The van der Waals surface area contributed by atoms with Gasteiger partial charge in [0, 0.05) is 17.5 Å². The molecule has 0 aliphatic rings. The number of pyridine rings is 1. The Hall–Kier alpha value is -3.94. The minimum Gasteiger partial charge on any atom is -0.493 e. The SMILES string of the molecule is COc1cc(C(=O)Nc2ccc(OCC(F)(F)F)nc2)c([N+](=O)[O-])cc1OCc1cscn1. The molecule has 0 saturated carbocycles. The van der Waals surface area contributed by atoms with E-state index in [4.69, 9.17) is 9.47 Å². The molecule has 14 heteroatoms. The molecular formula is C19H15F3N4O6S.